The van der Waals surface area contributed by atoms with Gasteiger partial charge in [-0.05, 0) is 29.7 Å². The summed E-state index contributed by atoms with van der Waals surface area (Å²) in [5.74, 6) is 1.70. The number of fused-ring (bicyclic) bond motifs is 1. The molecule has 0 bridgehead atoms. The zero-order valence-electron chi connectivity index (χ0n) is 11.5. The third kappa shape index (κ3) is 4.04. The van der Waals surface area contributed by atoms with Gasteiger partial charge in [-0.15, -0.1) is 0 Å². The highest BCUT2D eigenvalue weighted by molar-refractivity contribution is 7.99. The van der Waals surface area contributed by atoms with Gasteiger partial charge < -0.3 is 9.84 Å². The Kier molecular flexibility index (Phi) is 5.43. The van der Waals surface area contributed by atoms with Crippen molar-refractivity contribution in [3.05, 3.63) is 28.3 Å². The van der Waals surface area contributed by atoms with Gasteiger partial charge in [-0.1, -0.05) is 25.4 Å². The van der Waals surface area contributed by atoms with E-state index >= 15 is 0 Å². The number of hydrogen-bond donors (Lipinski definition) is 1. The molecule has 1 N–H and O–H groups in total. The van der Waals surface area contributed by atoms with Crippen LogP contribution in [0.2, 0.25) is 5.02 Å². The Morgan fingerprint density at radius 1 is 1.47 bits per heavy atom. The minimum atomic E-state index is -0.342. The normalized spacial score (nSPS) is 16.8. The average molecular weight is 301 g/mol. The maximum atomic E-state index is 10.1. The molecule has 2 nitrogen and oxygen atoms in total. The summed E-state index contributed by atoms with van der Waals surface area (Å²) < 4.78 is 5.66. The first kappa shape index (κ1) is 15.0. The SMILES string of the molecule is CCC(C)SCC(O)Cc1cc(Cl)cc2c1OCC2. The van der Waals surface area contributed by atoms with E-state index in [0.29, 0.717) is 11.7 Å². The van der Waals surface area contributed by atoms with E-state index in [1.54, 1.807) is 0 Å². The molecule has 4 heteroatoms. The predicted molar refractivity (Wildman–Crippen MR) is 82.6 cm³/mol. The minimum Gasteiger partial charge on any atom is -0.493 e. The van der Waals surface area contributed by atoms with E-state index in [-0.39, 0.29) is 6.10 Å². The van der Waals surface area contributed by atoms with Crippen LogP contribution in [0.1, 0.15) is 31.4 Å². The highest BCUT2D eigenvalue weighted by Crippen LogP contribution is 2.33. The maximum absolute atomic E-state index is 10.1. The number of aliphatic hydroxyl groups excluding tert-OH is 1. The van der Waals surface area contributed by atoms with Gasteiger partial charge in [-0.3, -0.25) is 0 Å². The molecular formula is C15H21ClO2S. The van der Waals surface area contributed by atoms with Crippen LogP contribution in [0.3, 0.4) is 0 Å². The van der Waals surface area contributed by atoms with E-state index in [1.807, 2.05) is 23.9 Å². The number of ether oxygens (including phenoxy) is 1. The maximum Gasteiger partial charge on any atom is 0.126 e. The predicted octanol–water partition coefficient (Wildman–Crippen LogP) is 3.71. The zero-order chi connectivity index (χ0) is 13.8. The van der Waals surface area contributed by atoms with E-state index in [0.717, 1.165) is 41.5 Å². The van der Waals surface area contributed by atoms with Gasteiger partial charge >= 0.3 is 0 Å². The average Bonchev–Trinajstić information content (AvgIpc) is 2.84. The van der Waals surface area contributed by atoms with Crippen molar-refractivity contribution in [3.63, 3.8) is 0 Å². The summed E-state index contributed by atoms with van der Waals surface area (Å²) >= 11 is 7.94. The van der Waals surface area contributed by atoms with Crippen LogP contribution < -0.4 is 4.74 Å². The van der Waals surface area contributed by atoms with E-state index in [2.05, 4.69) is 13.8 Å². The topological polar surface area (TPSA) is 29.5 Å². The molecule has 0 saturated carbocycles. The third-order valence-corrected chi connectivity index (χ3v) is 5.13. The molecule has 1 aliphatic heterocycles. The highest BCUT2D eigenvalue weighted by Gasteiger charge is 2.19. The Labute approximate surface area is 124 Å². The third-order valence-electron chi connectivity index (χ3n) is 3.43. The Morgan fingerprint density at radius 3 is 3.00 bits per heavy atom. The van der Waals surface area contributed by atoms with Crippen LogP contribution in [0.4, 0.5) is 0 Å². The number of aliphatic hydroxyl groups is 1. The number of thioether (sulfide) groups is 1. The van der Waals surface area contributed by atoms with E-state index in [1.165, 1.54) is 5.56 Å². The molecule has 0 amide bonds. The molecule has 1 heterocycles. The summed E-state index contributed by atoms with van der Waals surface area (Å²) in [5.41, 5.74) is 2.21. The summed E-state index contributed by atoms with van der Waals surface area (Å²) in [4.78, 5) is 0. The summed E-state index contributed by atoms with van der Waals surface area (Å²) in [6.45, 7) is 5.08. The first-order valence-corrected chi connectivity index (χ1v) is 8.26. The van der Waals surface area contributed by atoms with Crippen molar-refractivity contribution >= 4 is 23.4 Å². The van der Waals surface area contributed by atoms with Gasteiger partial charge in [0.1, 0.15) is 5.75 Å². The van der Waals surface area contributed by atoms with Crippen LogP contribution in [0.5, 0.6) is 5.75 Å². The van der Waals surface area contributed by atoms with Crippen LogP contribution in [-0.2, 0) is 12.8 Å². The van der Waals surface area contributed by atoms with Crippen molar-refractivity contribution in [1.82, 2.24) is 0 Å². The first-order chi connectivity index (χ1) is 9.10. The molecule has 19 heavy (non-hydrogen) atoms. The van der Waals surface area contributed by atoms with E-state index in [4.69, 9.17) is 16.3 Å². The first-order valence-electron chi connectivity index (χ1n) is 6.84. The lowest BCUT2D eigenvalue weighted by Gasteiger charge is -2.15. The van der Waals surface area contributed by atoms with E-state index in [9.17, 15) is 5.11 Å². The van der Waals surface area contributed by atoms with Gasteiger partial charge in [0.25, 0.3) is 0 Å². The fourth-order valence-electron chi connectivity index (χ4n) is 2.20. The van der Waals surface area contributed by atoms with Crippen molar-refractivity contribution < 1.29 is 9.84 Å². The fraction of sp³-hybridized carbons (Fsp3) is 0.600. The standard InChI is InChI=1S/C15H21ClO2S/c1-3-10(2)19-9-14(17)8-12-7-13(16)6-11-4-5-18-15(11)12/h6-7,10,14,17H,3-5,8-9H2,1-2H3. The Bertz CT molecular complexity index is 436. The summed E-state index contributed by atoms with van der Waals surface area (Å²) in [7, 11) is 0. The molecule has 0 aliphatic carbocycles. The summed E-state index contributed by atoms with van der Waals surface area (Å²) in [6.07, 6.45) is 2.32. The van der Waals surface area contributed by atoms with Crippen LogP contribution >= 0.6 is 23.4 Å². The number of rotatable bonds is 6. The molecular weight excluding hydrogens is 280 g/mol. The number of benzene rings is 1. The monoisotopic (exact) mass is 300 g/mol. The van der Waals surface area contributed by atoms with Crippen molar-refractivity contribution in [2.45, 2.75) is 44.5 Å². The van der Waals surface area contributed by atoms with E-state index < -0.39 is 0 Å². The zero-order valence-corrected chi connectivity index (χ0v) is 13.1. The molecule has 0 radical (unpaired) electrons. The van der Waals surface area contributed by atoms with Gasteiger partial charge in [0.05, 0.1) is 12.7 Å². The summed E-state index contributed by atoms with van der Waals surface area (Å²) in [5, 5.41) is 11.5. The molecule has 2 rings (SSSR count). The largest absolute Gasteiger partial charge is 0.493 e. The van der Waals surface area contributed by atoms with Gasteiger partial charge in [-0.25, -0.2) is 0 Å². The lowest BCUT2D eigenvalue weighted by Crippen LogP contribution is -2.16. The van der Waals surface area contributed by atoms with Crippen molar-refractivity contribution in [2.75, 3.05) is 12.4 Å². The van der Waals surface area contributed by atoms with Crippen LogP contribution in [0.25, 0.3) is 0 Å². The van der Waals surface area contributed by atoms with Crippen LogP contribution in [-0.4, -0.2) is 28.8 Å². The van der Waals surface area contributed by atoms with Gasteiger partial charge in [0, 0.05) is 28.9 Å². The Balaban J connectivity index is 1.99. The van der Waals surface area contributed by atoms with Gasteiger partial charge in [0.2, 0.25) is 0 Å². The van der Waals surface area contributed by atoms with Gasteiger partial charge in [-0.2, -0.15) is 11.8 Å². The second kappa shape index (κ2) is 6.87. The van der Waals surface area contributed by atoms with Gasteiger partial charge in [0.15, 0.2) is 0 Å². The highest BCUT2D eigenvalue weighted by atomic mass is 35.5. The Morgan fingerprint density at radius 2 is 2.26 bits per heavy atom. The molecule has 1 aromatic rings. The number of hydrogen-bond acceptors (Lipinski definition) is 3. The molecule has 106 valence electrons. The molecule has 0 spiro atoms. The van der Waals surface area contributed by atoms with Crippen LogP contribution in [0.15, 0.2) is 12.1 Å². The fourth-order valence-corrected chi connectivity index (χ4v) is 3.37. The lowest BCUT2D eigenvalue weighted by atomic mass is 10.0. The summed E-state index contributed by atoms with van der Waals surface area (Å²) in [6, 6.07) is 3.89. The smallest absolute Gasteiger partial charge is 0.126 e. The molecule has 2 unspecified atom stereocenters. The number of halogens is 1. The molecule has 1 aromatic carbocycles. The molecule has 0 saturated heterocycles. The quantitative estimate of drug-likeness (QED) is 0.868. The molecule has 1 aliphatic rings. The molecule has 2 atom stereocenters. The molecule has 0 aromatic heterocycles. The van der Waals surface area contributed by atoms with Crippen molar-refractivity contribution in [2.24, 2.45) is 0 Å². The second-order valence-electron chi connectivity index (χ2n) is 5.06. The molecule has 0 fully saturated rings. The Hall–Kier alpha value is -0.380. The van der Waals surface area contributed by atoms with Crippen LogP contribution in [0, 0.1) is 0 Å². The second-order valence-corrected chi connectivity index (χ2v) is 6.97. The lowest BCUT2D eigenvalue weighted by molar-refractivity contribution is 0.198. The minimum absolute atomic E-state index is 0.342. The van der Waals surface area contributed by atoms with Crippen molar-refractivity contribution in [3.8, 4) is 5.75 Å². The van der Waals surface area contributed by atoms with Crippen molar-refractivity contribution in [1.29, 1.82) is 0 Å².